The molecule has 0 heterocycles. The van der Waals surface area contributed by atoms with Gasteiger partial charge in [0.25, 0.3) is 0 Å². The number of amides is 1. The normalized spacial score (nSPS) is 27.2. The van der Waals surface area contributed by atoms with Crippen LogP contribution in [-0.2, 0) is 0 Å². The van der Waals surface area contributed by atoms with Gasteiger partial charge in [-0.1, -0.05) is 45.9 Å². The zero-order valence-electron chi connectivity index (χ0n) is 11.9. The van der Waals surface area contributed by atoms with Crippen LogP contribution >= 0.6 is 0 Å². The van der Waals surface area contributed by atoms with Crippen LogP contribution in [-0.4, -0.2) is 18.2 Å². The lowest BCUT2D eigenvalue weighted by Crippen LogP contribution is -2.76. The Morgan fingerprint density at radius 1 is 1.16 bits per heavy atom. The quantitative estimate of drug-likeness (QED) is 0.860. The Hall–Kier alpha value is -1.55. The Bertz CT molecular complexity index is 452. The minimum atomic E-state index is -0.427. The molecule has 2 rings (SSSR count). The van der Waals surface area contributed by atoms with Crippen LogP contribution in [0.2, 0.25) is 0 Å². The number of para-hydroxylation sites is 1. The molecule has 0 radical (unpaired) electrons. The lowest BCUT2D eigenvalue weighted by atomic mass is 9.48. The largest absolute Gasteiger partial charge is 0.412 e. The number of nitrogens with two attached hydrogens (primary N) is 1. The van der Waals surface area contributed by atoms with Gasteiger partial charge >= 0.3 is 6.09 Å². The second-order valence-electron chi connectivity index (χ2n) is 6.40. The molecule has 1 saturated carbocycles. The summed E-state index contributed by atoms with van der Waals surface area (Å²) < 4.78 is 5.25. The highest BCUT2D eigenvalue weighted by atomic mass is 16.6. The van der Waals surface area contributed by atoms with E-state index in [1.165, 1.54) is 0 Å². The van der Waals surface area contributed by atoms with Gasteiger partial charge in [-0.25, -0.2) is 4.79 Å². The van der Waals surface area contributed by atoms with Gasteiger partial charge in [-0.05, 0) is 12.1 Å². The zero-order valence-corrected chi connectivity index (χ0v) is 11.9. The first-order valence-corrected chi connectivity index (χ1v) is 6.55. The van der Waals surface area contributed by atoms with Crippen molar-refractivity contribution in [2.75, 3.05) is 0 Å². The lowest BCUT2D eigenvalue weighted by Gasteiger charge is -2.62. The molecule has 0 unspecified atom stereocenters. The highest BCUT2D eigenvalue weighted by molar-refractivity contribution is 5.71. The molecule has 104 valence electrons. The van der Waals surface area contributed by atoms with Gasteiger partial charge in [0, 0.05) is 22.9 Å². The van der Waals surface area contributed by atoms with E-state index in [2.05, 4.69) is 33.0 Å². The van der Waals surface area contributed by atoms with Crippen molar-refractivity contribution >= 4 is 6.09 Å². The number of benzene rings is 1. The van der Waals surface area contributed by atoms with Gasteiger partial charge in [-0.2, -0.15) is 0 Å². The van der Waals surface area contributed by atoms with E-state index in [9.17, 15) is 4.79 Å². The summed E-state index contributed by atoms with van der Waals surface area (Å²) >= 11 is 0. The van der Waals surface area contributed by atoms with E-state index in [1.54, 1.807) is 12.1 Å². The highest BCUT2D eigenvalue weighted by Crippen LogP contribution is 2.52. The monoisotopic (exact) mass is 262 g/mol. The molecule has 19 heavy (non-hydrogen) atoms. The van der Waals surface area contributed by atoms with E-state index in [4.69, 9.17) is 10.5 Å². The number of carbonyl (C=O) groups excluding carboxylic acids is 1. The van der Waals surface area contributed by atoms with Crippen LogP contribution in [0.15, 0.2) is 30.3 Å². The summed E-state index contributed by atoms with van der Waals surface area (Å²) in [5.41, 5.74) is 5.91. The Labute approximate surface area is 114 Å². The fraction of sp³-hybridized carbons (Fsp3) is 0.533. The Kier molecular flexibility index (Phi) is 3.31. The summed E-state index contributed by atoms with van der Waals surface area (Å²) in [6, 6.07) is 9.10. The van der Waals surface area contributed by atoms with Gasteiger partial charge in [-0.3, -0.25) is 0 Å². The van der Waals surface area contributed by atoms with Gasteiger partial charge in [-0.15, -0.1) is 0 Å². The number of ether oxygens (including phenoxy) is 1. The van der Waals surface area contributed by atoms with Gasteiger partial charge in [0.2, 0.25) is 0 Å². The first-order chi connectivity index (χ1) is 8.76. The summed E-state index contributed by atoms with van der Waals surface area (Å²) in [6.07, 6.45) is -0.427. The fourth-order valence-electron chi connectivity index (χ4n) is 3.30. The van der Waals surface area contributed by atoms with Crippen molar-refractivity contribution in [3.05, 3.63) is 30.3 Å². The molecule has 1 aromatic carbocycles. The highest BCUT2D eigenvalue weighted by Gasteiger charge is 2.60. The second kappa shape index (κ2) is 4.53. The van der Waals surface area contributed by atoms with Crippen LogP contribution in [0.3, 0.4) is 0 Å². The third-order valence-electron chi connectivity index (χ3n) is 4.31. The molecule has 0 aromatic heterocycles. The Morgan fingerprint density at radius 3 is 2.21 bits per heavy atom. The van der Waals surface area contributed by atoms with Crippen molar-refractivity contribution in [1.29, 1.82) is 0 Å². The van der Waals surface area contributed by atoms with Crippen molar-refractivity contribution in [1.82, 2.24) is 5.32 Å². The maximum Gasteiger partial charge on any atom is 0.412 e. The topological polar surface area (TPSA) is 64.3 Å². The van der Waals surface area contributed by atoms with Gasteiger partial charge < -0.3 is 15.8 Å². The van der Waals surface area contributed by atoms with Crippen molar-refractivity contribution < 1.29 is 9.53 Å². The second-order valence-corrected chi connectivity index (χ2v) is 6.40. The van der Waals surface area contributed by atoms with Gasteiger partial charge in [0.1, 0.15) is 5.75 Å². The fourth-order valence-corrected chi connectivity index (χ4v) is 3.30. The minimum absolute atomic E-state index is 0.00575. The molecule has 0 aliphatic heterocycles. The lowest BCUT2D eigenvalue weighted by molar-refractivity contribution is -0.0667. The van der Waals surface area contributed by atoms with E-state index in [1.807, 2.05) is 18.2 Å². The van der Waals surface area contributed by atoms with Crippen LogP contribution in [0.1, 0.15) is 27.7 Å². The molecule has 3 N–H and O–H groups in total. The summed E-state index contributed by atoms with van der Waals surface area (Å²) in [7, 11) is 0. The van der Waals surface area contributed by atoms with E-state index >= 15 is 0 Å². The van der Waals surface area contributed by atoms with Crippen LogP contribution in [0.25, 0.3) is 0 Å². The molecule has 1 fully saturated rings. The molecular formula is C15H22N2O2. The van der Waals surface area contributed by atoms with E-state index in [0.717, 1.165) is 0 Å². The maximum absolute atomic E-state index is 11.9. The number of nitrogens with one attached hydrogen (secondary N) is 1. The molecular weight excluding hydrogens is 240 g/mol. The average Bonchev–Trinajstić information content (AvgIpc) is 2.36. The standard InChI is InChI=1S/C15H22N2O2/c1-14(2)11(16)15(3,4)12(14)17-13(18)19-10-8-6-5-7-9-10/h5-9,11-12H,16H2,1-4H3,(H,17,18). The van der Waals surface area contributed by atoms with E-state index < -0.39 is 6.09 Å². The zero-order chi connectivity index (χ0) is 14.3. The maximum atomic E-state index is 11.9. The Balaban J connectivity index is 2.00. The number of carbonyl (C=O) groups is 1. The van der Waals surface area contributed by atoms with Crippen LogP contribution < -0.4 is 15.8 Å². The molecule has 4 heteroatoms. The van der Waals surface area contributed by atoms with Crippen molar-refractivity contribution in [3.8, 4) is 5.75 Å². The van der Waals surface area contributed by atoms with Gasteiger partial charge in [0.15, 0.2) is 0 Å². The third kappa shape index (κ3) is 2.32. The summed E-state index contributed by atoms with van der Waals surface area (Å²) in [5.74, 6) is 0.541. The molecule has 0 saturated heterocycles. The SMILES string of the molecule is CC1(C)C(N)C(C)(C)C1NC(=O)Oc1ccccc1. The Morgan fingerprint density at radius 2 is 1.68 bits per heavy atom. The number of rotatable bonds is 2. The first-order valence-electron chi connectivity index (χ1n) is 6.55. The van der Waals surface area contributed by atoms with E-state index in [-0.39, 0.29) is 22.9 Å². The smallest absolute Gasteiger partial charge is 0.410 e. The summed E-state index contributed by atoms with van der Waals surface area (Å²) in [4.78, 5) is 11.9. The molecule has 1 amide bonds. The molecule has 4 nitrogen and oxygen atoms in total. The molecule has 0 bridgehead atoms. The third-order valence-corrected chi connectivity index (χ3v) is 4.31. The van der Waals surface area contributed by atoms with Gasteiger partial charge in [0.05, 0.1) is 0 Å². The predicted octanol–water partition coefficient (Wildman–Crippen LogP) is 2.54. The summed E-state index contributed by atoms with van der Waals surface area (Å²) in [5, 5.41) is 2.93. The minimum Gasteiger partial charge on any atom is -0.410 e. The molecule has 1 aliphatic carbocycles. The van der Waals surface area contributed by atoms with Crippen molar-refractivity contribution in [2.24, 2.45) is 16.6 Å². The predicted molar refractivity (Wildman–Crippen MR) is 74.9 cm³/mol. The molecule has 0 atom stereocenters. The van der Waals surface area contributed by atoms with Crippen LogP contribution in [0.5, 0.6) is 5.75 Å². The van der Waals surface area contributed by atoms with E-state index in [0.29, 0.717) is 5.75 Å². The van der Waals surface area contributed by atoms with Crippen LogP contribution in [0, 0.1) is 10.8 Å². The van der Waals surface area contributed by atoms with Crippen LogP contribution in [0.4, 0.5) is 4.79 Å². The molecule has 0 spiro atoms. The van der Waals surface area contributed by atoms with Crippen molar-refractivity contribution in [3.63, 3.8) is 0 Å². The average molecular weight is 262 g/mol. The summed E-state index contributed by atoms with van der Waals surface area (Å²) in [6.45, 7) is 8.26. The number of hydrogen-bond donors (Lipinski definition) is 2. The molecule has 1 aromatic rings. The number of hydrogen-bond acceptors (Lipinski definition) is 3. The molecule has 1 aliphatic rings. The first kappa shape index (κ1) is 13.9. The van der Waals surface area contributed by atoms with Crippen molar-refractivity contribution in [2.45, 2.75) is 39.8 Å².